The van der Waals surface area contributed by atoms with Crippen molar-refractivity contribution in [2.45, 2.75) is 120 Å². The Bertz CT molecular complexity index is 3650. The van der Waals surface area contributed by atoms with Crippen LogP contribution in [0, 0.1) is 11.8 Å². The first-order valence-electron chi connectivity index (χ1n) is 36.8. The normalized spacial score (nSPS) is 20.7. The molecule has 4 aliphatic rings. The number of benzene rings is 6. The summed E-state index contributed by atoms with van der Waals surface area (Å²) >= 11 is 0. The Morgan fingerprint density at radius 1 is 0.445 bits per heavy atom. The molecule has 11 N–H and O–H groups in total. The van der Waals surface area contributed by atoms with Crippen LogP contribution >= 0.6 is 0 Å². The van der Waals surface area contributed by atoms with Crippen LogP contribution in [0.2, 0.25) is 0 Å². The number of Topliss-reactive ketones (excluding diaryl/α,β-unsaturated/α-hetero) is 1. The van der Waals surface area contributed by atoms with Crippen LogP contribution in [0.25, 0.3) is 22.3 Å². The molecule has 28 nitrogen and oxygen atoms in total. The summed E-state index contributed by atoms with van der Waals surface area (Å²) in [5.41, 5.74) is 16.1. The summed E-state index contributed by atoms with van der Waals surface area (Å²) in [5.74, 6) is -2.71. The predicted octanol–water partition coefficient (Wildman–Crippen LogP) is 6.08. The van der Waals surface area contributed by atoms with Crippen LogP contribution in [0.4, 0.5) is 9.59 Å². The molecule has 2 aliphatic heterocycles. The molecule has 0 saturated carbocycles. The molecule has 2 saturated heterocycles. The molecule has 0 aromatic heterocycles. The van der Waals surface area contributed by atoms with E-state index in [1.165, 1.54) is 14.2 Å². The van der Waals surface area contributed by atoms with Gasteiger partial charge in [-0.15, -0.1) is 0 Å². The highest BCUT2D eigenvalue weighted by atomic mass is 16.7. The average Bonchev–Trinajstić information content (AvgIpc) is 1.62. The number of nitrogens with one attached hydrogen (secondary N) is 4. The van der Waals surface area contributed by atoms with Crippen molar-refractivity contribution in [3.05, 3.63) is 191 Å². The van der Waals surface area contributed by atoms with E-state index in [1.54, 1.807) is 13.8 Å². The van der Waals surface area contributed by atoms with Gasteiger partial charge in [0.25, 0.3) is 0 Å². The zero-order chi connectivity index (χ0) is 77.9. The topological polar surface area (TPSA) is 388 Å². The number of ether oxygens (including phenoxy) is 12. The van der Waals surface area contributed by atoms with Gasteiger partial charge in [0.15, 0.2) is 18.4 Å². The first-order chi connectivity index (χ1) is 52.9. The molecule has 4 amide bonds. The number of alkyl carbamates (subject to hydrolysis) is 2. The molecule has 28 heteroatoms. The number of hydrogen-bond donors (Lipinski definition) is 10. The van der Waals surface area contributed by atoms with Gasteiger partial charge < -0.3 is 109 Å². The van der Waals surface area contributed by atoms with Gasteiger partial charge >= 0.3 is 18.2 Å². The number of hydrogen-bond acceptors (Lipinski definition) is 23. The number of rotatable bonds is 40. The molecule has 2 heterocycles. The van der Waals surface area contributed by atoms with Gasteiger partial charge in [-0.3, -0.25) is 14.4 Å². The van der Waals surface area contributed by atoms with Crippen molar-refractivity contribution in [1.29, 1.82) is 0 Å². The Kier molecular flexibility index (Phi) is 38.3. The van der Waals surface area contributed by atoms with Gasteiger partial charge in [-0.2, -0.15) is 0 Å². The SMILES string of the molecule is C.CO[C@@H]1OC(COCC(=O)NCCOCCOCCCC(=O)[C@H](Cc2ccccc2)NC(=O)OCC2c3ccccc3-c3ccccc32)[C@@H](C)[C@H](O)C1O.CO[C@@H]1OC(COCC(=O)NCCOCCOCCN)[C@@H](C)[C@H](O)C1O.O=C(N[C@@H](Cc1ccccc1)C(=O)O)OCC1c2ccccc2-c2ccccc21. The van der Waals surface area contributed by atoms with E-state index in [2.05, 4.69) is 57.7 Å². The van der Waals surface area contributed by atoms with E-state index in [9.17, 15) is 54.3 Å². The number of nitrogens with two attached hydrogens (primary N) is 1. The number of aliphatic hydroxyl groups is 4. The number of carbonyl (C=O) groups excluding carboxylic acids is 5. The minimum atomic E-state index is -1.16. The molecule has 4 unspecified atom stereocenters. The minimum absolute atomic E-state index is 0. The zero-order valence-corrected chi connectivity index (χ0v) is 62.1. The van der Waals surface area contributed by atoms with Gasteiger partial charge in [-0.05, 0) is 68.5 Å². The Hall–Kier alpha value is -8.66. The maximum Gasteiger partial charge on any atom is 0.407 e. The van der Waals surface area contributed by atoms with E-state index >= 15 is 0 Å². The second-order valence-corrected chi connectivity index (χ2v) is 26.5. The molecule has 10 rings (SSSR count). The number of ketones is 1. The fraction of sp³-hybridized carbons (Fsp3) is 0.488. The van der Waals surface area contributed by atoms with Crippen molar-refractivity contribution in [1.82, 2.24) is 21.3 Å². The summed E-state index contributed by atoms with van der Waals surface area (Å²) < 4.78 is 64.8. The Labute approximate surface area is 642 Å². The number of carboxylic acids is 1. The van der Waals surface area contributed by atoms with E-state index in [-0.39, 0.29) is 108 Å². The molecule has 6 aromatic carbocycles. The second-order valence-electron chi connectivity index (χ2n) is 26.5. The lowest BCUT2D eigenvalue weighted by atomic mass is 9.91. The predicted molar refractivity (Wildman–Crippen MR) is 407 cm³/mol. The highest BCUT2D eigenvalue weighted by Crippen LogP contribution is 2.46. The third-order valence-electron chi connectivity index (χ3n) is 19.0. The monoisotopic (exact) mass is 1530 g/mol. The first-order valence-corrected chi connectivity index (χ1v) is 36.8. The van der Waals surface area contributed by atoms with Gasteiger partial charge in [-0.1, -0.05) is 179 Å². The van der Waals surface area contributed by atoms with Gasteiger partial charge in [0.2, 0.25) is 11.8 Å². The maximum atomic E-state index is 13.3. The van der Waals surface area contributed by atoms with E-state index < -0.39 is 85.4 Å². The number of carboxylic acid groups (broad SMARTS) is 1. The highest BCUT2D eigenvalue weighted by Gasteiger charge is 2.44. The Balaban J connectivity index is 0.000000252. The summed E-state index contributed by atoms with van der Waals surface area (Å²) in [7, 11) is 2.76. The van der Waals surface area contributed by atoms with Crippen LogP contribution in [0.1, 0.15) is 79.3 Å². The summed E-state index contributed by atoms with van der Waals surface area (Å²) in [6, 6.07) is 49.3. The molecule has 0 bridgehead atoms. The van der Waals surface area contributed by atoms with Crippen molar-refractivity contribution >= 4 is 35.8 Å². The molecule has 12 atom stereocenters. The first kappa shape index (κ1) is 88.6. The van der Waals surface area contributed by atoms with Crippen molar-refractivity contribution < 1.29 is 111 Å². The van der Waals surface area contributed by atoms with Gasteiger partial charge in [0, 0.05) is 77.0 Å². The van der Waals surface area contributed by atoms with Crippen LogP contribution in [-0.4, -0.2) is 249 Å². The molecule has 0 radical (unpaired) electrons. The third-order valence-corrected chi connectivity index (χ3v) is 19.0. The fourth-order valence-electron chi connectivity index (χ4n) is 13.0. The van der Waals surface area contributed by atoms with Gasteiger partial charge in [-0.25, -0.2) is 14.4 Å². The maximum absolute atomic E-state index is 13.3. The van der Waals surface area contributed by atoms with Crippen molar-refractivity contribution in [2.24, 2.45) is 17.6 Å². The number of amides is 4. The molecule has 2 aliphatic carbocycles. The van der Waals surface area contributed by atoms with Crippen LogP contribution in [0.5, 0.6) is 0 Å². The van der Waals surface area contributed by atoms with E-state index in [1.807, 2.05) is 121 Å². The van der Waals surface area contributed by atoms with Crippen molar-refractivity contribution in [2.75, 3.05) is 126 Å². The lowest BCUT2D eigenvalue weighted by molar-refractivity contribution is -0.282. The number of carbonyl (C=O) groups is 6. The highest BCUT2D eigenvalue weighted by molar-refractivity contribution is 5.88. The third kappa shape index (κ3) is 27.1. The van der Waals surface area contributed by atoms with Gasteiger partial charge in [0.1, 0.15) is 44.7 Å². The standard InChI is InChI=1S/C41H52N2O11.C24H21NO4.C16H32N2O8.CH4/c1-27-36(54-40(49-2)39(47)38(27)46)25-52-26-37(45)42-18-20-51-22-21-50-19-10-17-35(44)34(23-28-11-4-3-5-12-28)43-41(48)53-24-33-31-15-8-6-13-29(31)30-14-7-9-16-32(30)33;26-23(27)22(14-16-8-2-1-3-9-16)25-24(28)29-15-21-19-12-6-4-10-17(19)18-11-5-7-13-20(18)21;1-11-12(26-16(22-2)15(21)14(11)20)9-25-10-13(19)18-4-6-24-8-7-23-5-3-17;/h3-9,11-16,27,33-34,36,38-40,46-47H,10,17-26H2,1-2H3,(H,42,45)(H,43,48);1-13,21-22H,14-15H2,(H,25,28)(H,26,27);11-12,14-16,20-21H,3-10,17H2,1-2H3,(H,18,19);1H4/t27-,34+,36?,38+,39?,40-;22-;11-,12?,14+,15?,16-;/m101./s1. The van der Waals surface area contributed by atoms with Crippen LogP contribution in [0.3, 0.4) is 0 Å². The Morgan fingerprint density at radius 2 is 0.800 bits per heavy atom. The number of aliphatic carboxylic acids is 1. The summed E-state index contributed by atoms with van der Waals surface area (Å²) in [5, 5.41) is 60.1. The molecular weight excluding hydrogens is 1420 g/mol. The fourth-order valence-corrected chi connectivity index (χ4v) is 13.0. The van der Waals surface area contributed by atoms with E-state index in [4.69, 9.17) is 62.6 Å². The second kappa shape index (κ2) is 47.5. The van der Waals surface area contributed by atoms with Crippen molar-refractivity contribution in [3.63, 3.8) is 0 Å². The van der Waals surface area contributed by atoms with Crippen LogP contribution in [-0.2, 0) is 88.9 Å². The van der Waals surface area contributed by atoms with Crippen LogP contribution in [0.15, 0.2) is 158 Å². The smallest absolute Gasteiger partial charge is 0.407 e. The van der Waals surface area contributed by atoms with E-state index in [0.717, 1.165) is 55.6 Å². The van der Waals surface area contributed by atoms with Crippen molar-refractivity contribution in [3.8, 4) is 22.3 Å². The zero-order valence-electron chi connectivity index (χ0n) is 62.1. The lowest BCUT2D eigenvalue weighted by Crippen LogP contribution is -2.55. The largest absolute Gasteiger partial charge is 0.480 e. The quantitative estimate of drug-likeness (QED) is 0.0195. The molecule has 600 valence electrons. The van der Waals surface area contributed by atoms with E-state index in [0.29, 0.717) is 72.2 Å². The van der Waals surface area contributed by atoms with Crippen LogP contribution < -0.4 is 27.0 Å². The number of fused-ring (bicyclic) bond motifs is 6. The molecule has 2 fully saturated rings. The molecular formula is C82H109N5O23. The summed E-state index contributed by atoms with van der Waals surface area (Å²) in [4.78, 5) is 74.1. The summed E-state index contributed by atoms with van der Waals surface area (Å²) in [6.07, 6.45) is -7.32. The molecule has 6 aromatic rings. The summed E-state index contributed by atoms with van der Waals surface area (Å²) in [6.45, 7) is 7.77. The van der Waals surface area contributed by atoms with Gasteiger partial charge in [0.05, 0.1) is 89.9 Å². The molecule has 0 spiro atoms. The molecule has 110 heavy (non-hydrogen) atoms. The minimum Gasteiger partial charge on any atom is -0.480 e. The Morgan fingerprint density at radius 3 is 1.18 bits per heavy atom. The number of methoxy groups -OCH3 is 2. The average molecular weight is 1530 g/mol. The number of aliphatic hydroxyl groups excluding tert-OH is 4. The lowest BCUT2D eigenvalue weighted by Gasteiger charge is -2.40.